The summed E-state index contributed by atoms with van der Waals surface area (Å²) in [6, 6.07) is 7.11. The highest BCUT2D eigenvalue weighted by Crippen LogP contribution is 2.24. The van der Waals surface area contributed by atoms with Crippen molar-refractivity contribution in [3.8, 4) is 5.75 Å². The van der Waals surface area contributed by atoms with Gasteiger partial charge in [-0.15, -0.1) is 5.10 Å². The van der Waals surface area contributed by atoms with Crippen LogP contribution < -0.4 is 15.4 Å². The molecule has 1 aromatic carbocycles. The molecule has 1 fully saturated rings. The Bertz CT molecular complexity index is 751. The Hall–Kier alpha value is -2.35. The van der Waals surface area contributed by atoms with Gasteiger partial charge in [0.05, 0.1) is 6.61 Å². The van der Waals surface area contributed by atoms with Crippen molar-refractivity contribution < 1.29 is 14.3 Å². The number of amidine groups is 1. The molecular formula is C19H26N4O3S. The van der Waals surface area contributed by atoms with E-state index in [0.29, 0.717) is 17.5 Å². The van der Waals surface area contributed by atoms with E-state index in [-0.39, 0.29) is 23.7 Å². The highest BCUT2D eigenvalue weighted by atomic mass is 32.2. The minimum Gasteiger partial charge on any atom is -0.494 e. The summed E-state index contributed by atoms with van der Waals surface area (Å²) in [5, 5.41) is 13.6. The number of anilines is 1. The third kappa shape index (κ3) is 6.39. The SMILES string of the molecule is CCOc1ccc(NC(=O)C[C@@H]2S/C(=N/N=C(\C)C(C)(C)C)NC2=O)cc1. The van der Waals surface area contributed by atoms with Gasteiger partial charge in [0.1, 0.15) is 11.0 Å². The van der Waals surface area contributed by atoms with Crippen LogP contribution >= 0.6 is 11.8 Å². The monoisotopic (exact) mass is 390 g/mol. The van der Waals surface area contributed by atoms with E-state index in [1.54, 1.807) is 24.3 Å². The molecule has 0 saturated carbocycles. The zero-order valence-electron chi connectivity index (χ0n) is 16.3. The number of nitrogens with zero attached hydrogens (tertiary/aromatic N) is 2. The van der Waals surface area contributed by atoms with Crippen LogP contribution in [-0.4, -0.2) is 34.6 Å². The maximum absolute atomic E-state index is 12.2. The number of thioether (sulfide) groups is 1. The minimum atomic E-state index is -0.517. The summed E-state index contributed by atoms with van der Waals surface area (Å²) in [4.78, 5) is 24.3. The first-order valence-electron chi connectivity index (χ1n) is 8.82. The molecular weight excluding hydrogens is 364 g/mol. The third-order valence-corrected chi connectivity index (χ3v) is 5.04. The van der Waals surface area contributed by atoms with Crippen molar-refractivity contribution in [3.63, 3.8) is 0 Å². The molecule has 0 unspecified atom stereocenters. The van der Waals surface area contributed by atoms with Crippen LogP contribution in [0.25, 0.3) is 0 Å². The van der Waals surface area contributed by atoms with Crippen molar-refractivity contribution >= 4 is 40.1 Å². The average Bonchev–Trinajstić information content (AvgIpc) is 2.93. The van der Waals surface area contributed by atoms with Gasteiger partial charge in [0.2, 0.25) is 11.8 Å². The van der Waals surface area contributed by atoms with Gasteiger partial charge in [-0.2, -0.15) is 5.10 Å². The summed E-state index contributed by atoms with van der Waals surface area (Å²) in [6.45, 7) is 10.5. The summed E-state index contributed by atoms with van der Waals surface area (Å²) < 4.78 is 5.37. The van der Waals surface area contributed by atoms with Crippen LogP contribution in [0.1, 0.15) is 41.0 Å². The summed E-state index contributed by atoms with van der Waals surface area (Å²) in [5.41, 5.74) is 1.43. The lowest BCUT2D eigenvalue weighted by molar-refractivity contribution is -0.122. The molecule has 1 aliphatic heterocycles. The number of hydrogen-bond donors (Lipinski definition) is 2. The molecule has 1 heterocycles. The Morgan fingerprint density at radius 2 is 1.96 bits per heavy atom. The molecule has 2 amide bonds. The lowest BCUT2D eigenvalue weighted by atomic mass is 9.91. The van der Waals surface area contributed by atoms with Crippen molar-refractivity contribution in [1.82, 2.24) is 5.32 Å². The molecule has 2 rings (SSSR count). The molecule has 2 N–H and O–H groups in total. The van der Waals surface area contributed by atoms with E-state index in [9.17, 15) is 9.59 Å². The number of benzene rings is 1. The second-order valence-electron chi connectivity index (χ2n) is 7.15. The van der Waals surface area contributed by atoms with Gasteiger partial charge in [0.15, 0.2) is 5.17 Å². The van der Waals surface area contributed by atoms with Crippen LogP contribution in [-0.2, 0) is 9.59 Å². The predicted molar refractivity (Wildman–Crippen MR) is 110 cm³/mol. The third-order valence-electron chi connectivity index (χ3n) is 3.97. The first kappa shape index (κ1) is 21.0. The van der Waals surface area contributed by atoms with E-state index < -0.39 is 5.25 Å². The number of hydrogen-bond acceptors (Lipinski definition) is 6. The van der Waals surface area contributed by atoms with Crippen molar-refractivity contribution in [2.24, 2.45) is 15.6 Å². The first-order chi connectivity index (χ1) is 12.7. The second-order valence-corrected chi connectivity index (χ2v) is 8.34. The van der Waals surface area contributed by atoms with Crippen molar-refractivity contribution in [2.45, 2.75) is 46.3 Å². The van der Waals surface area contributed by atoms with Gasteiger partial charge >= 0.3 is 0 Å². The summed E-state index contributed by atoms with van der Waals surface area (Å²) in [7, 11) is 0. The fraction of sp³-hybridized carbons (Fsp3) is 0.474. The van der Waals surface area contributed by atoms with E-state index >= 15 is 0 Å². The quantitative estimate of drug-likeness (QED) is 0.575. The molecule has 7 nitrogen and oxygen atoms in total. The van der Waals surface area contributed by atoms with Gasteiger partial charge in [-0.1, -0.05) is 32.5 Å². The average molecular weight is 391 g/mol. The molecule has 0 aromatic heterocycles. The fourth-order valence-electron chi connectivity index (χ4n) is 2.04. The van der Waals surface area contributed by atoms with Crippen molar-refractivity contribution in [2.75, 3.05) is 11.9 Å². The van der Waals surface area contributed by atoms with Crippen LogP contribution in [0, 0.1) is 5.41 Å². The lowest BCUT2D eigenvalue weighted by Gasteiger charge is -2.16. The van der Waals surface area contributed by atoms with Crippen LogP contribution in [0.2, 0.25) is 0 Å². The summed E-state index contributed by atoms with van der Waals surface area (Å²) >= 11 is 1.22. The van der Waals surface area contributed by atoms with Crippen molar-refractivity contribution in [3.05, 3.63) is 24.3 Å². The van der Waals surface area contributed by atoms with E-state index in [0.717, 1.165) is 11.5 Å². The summed E-state index contributed by atoms with van der Waals surface area (Å²) in [6.07, 6.45) is 0.0602. The molecule has 0 aliphatic carbocycles. The van der Waals surface area contributed by atoms with Gasteiger partial charge in [0.25, 0.3) is 0 Å². The smallest absolute Gasteiger partial charge is 0.240 e. The summed E-state index contributed by atoms with van der Waals surface area (Å²) in [5.74, 6) is 0.278. The molecule has 1 saturated heterocycles. The number of ether oxygens (including phenoxy) is 1. The Morgan fingerprint density at radius 1 is 1.30 bits per heavy atom. The Morgan fingerprint density at radius 3 is 2.56 bits per heavy atom. The number of nitrogens with one attached hydrogen (secondary N) is 2. The number of carbonyl (C=O) groups excluding carboxylic acids is 2. The number of rotatable bonds is 6. The molecule has 1 atom stereocenters. The van der Waals surface area contributed by atoms with E-state index in [1.165, 1.54) is 11.8 Å². The van der Waals surface area contributed by atoms with E-state index in [2.05, 4.69) is 20.8 Å². The first-order valence-corrected chi connectivity index (χ1v) is 9.70. The van der Waals surface area contributed by atoms with Gasteiger partial charge < -0.3 is 15.4 Å². The zero-order valence-corrected chi connectivity index (χ0v) is 17.1. The minimum absolute atomic E-state index is 0.0602. The van der Waals surface area contributed by atoms with E-state index in [4.69, 9.17) is 4.74 Å². The zero-order chi connectivity index (χ0) is 20.0. The predicted octanol–water partition coefficient (Wildman–Crippen LogP) is 3.42. The maximum Gasteiger partial charge on any atom is 0.240 e. The highest BCUT2D eigenvalue weighted by Gasteiger charge is 2.32. The Kier molecular flexibility index (Phi) is 7.01. The molecule has 0 bridgehead atoms. The van der Waals surface area contributed by atoms with Gasteiger partial charge in [-0.3, -0.25) is 9.59 Å². The molecule has 146 valence electrons. The topological polar surface area (TPSA) is 92.2 Å². The Balaban J connectivity index is 1.91. The van der Waals surface area contributed by atoms with E-state index in [1.807, 2.05) is 34.6 Å². The normalized spacial score (nSPS) is 19.1. The number of amides is 2. The Labute approximate surface area is 164 Å². The van der Waals surface area contributed by atoms with Crippen LogP contribution in [0.5, 0.6) is 5.75 Å². The van der Waals surface area contributed by atoms with Crippen LogP contribution in [0.3, 0.4) is 0 Å². The molecule has 0 radical (unpaired) electrons. The molecule has 1 aliphatic rings. The van der Waals surface area contributed by atoms with Crippen LogP contribution in [0.15, 0.2) is 34.5 Å². The number of carbonyl (C=O) groups is 2. The van der Waals surface area contributed by atoms with Gasteiger partial charge in [0, 0.05) is 23.2 Å². The largest absolute Gasteiger partial charge is 0.494 e. The second kappa shape index (κ2) is 9.03. The van der Waals surface area contributed by atoms with Gasteiger partial charge in [-0.25, -0.2) is 0 Å². The standard InChI is InChI=1S/C19H26N4O3S/c1-6-26-14-9-7-13(8-10-14)20-16(24)11-15-17(25)21-18(27-15)23-22-12(2)19(3,4)5/h7-10,15H,6,11H2,1-5H3,(H,20,24)(H,21,23,25)/b22-12+/t15-/m0/s1. The van der Waals surface area contributed by atoms with Gasteiger partial charge in [-0.05, 0) is 38.1 Å². The lowest BCUT2D eigenvalue weighted by Crippen LogP contribution is -2.28. The highest BCUT2D eigenvalue weighted by molar-refractivity contribution is 8.15. The fourth-order valence-corrected chi connectivity index (χ4v) is 2.96. The van der Waals surface area contributed by atoms with Crippen LogP contribution in [0.4, 0.5) is 5.69 Å². The van der Waals surface area contributed by atoms with Crippen molar-refractivity contribution in [1.29, 1.82) is 0 Å². The molecule has 27 heavy (non-hydrogen) atoms. The molecule has 8 heteroatoms. The molecule has 0 spiro atoms. The maximum atomic E-state index is 12.2. The molecule has 1 aromatic rings.